The molecule has 3 nitrogen and oxygen atoms in total. The number of nitrogens with zero attached hydrogens (tertiary/aromatic N) is 1. The SMILES string of the molecule is CSC(=S)N1CCCCC1C(=O)O. The van der Waals surface area contributed by atoms with Crippen LogP contribution in [0.4, 0.5) is 0 Å². The molecule has 0 radical (unpaired) electrons. The van der Waals surface area contributed by atoms with E-state index in [1.807, 2.05) is 11.2 Å². The number of hydrogen-bond donors (Lipinski definition) is 1. The second-order valence-electron chi connectivity index (χ2n) is 3.01. The van der Waals surface area contributed by atoms with Gasteiger partial charge in [-0.25, -0.2) is 4.79 Å². The highest BCUT2D eigenvalue weighted by Crippen LogP contribution is 2.20. The van der Waals surface area contributed by atoms with Crippen LogP contribution in [-0.4, -0.2) is 39.1 Å². The Morgan fingerprint density at radius 2 is 2.31 bits per heavy atom. The lowest BCUT2D eigenvalue weighted by molar-refractivity contribution is -0.142. The minimum atomic E-state index is -0.754. The molecule has 5 heteroatoms. The van der Waals surface area contributed by atoms with Crippen LogP contribution in [0.2, 0.25) is 0 Å². The zero-order chi connectivity index (χ0) is 9.84. The van der Waals surface area contributed by atoms with Crippen molar-refractivity contribution in [3.05, 3.63) is 0 Å². The van der Waals surface area contributed by atoms with E-state index in [0.29, 0.717) is 4.32 Å². The van der Waals surface area contributed by atoms with Crippen LogP contribution in [-0.2, 0) is 4.79 Å². The van der Waals surface area contributed by atoms with E-state index in [4.69, 9.17) is 17.3 Å². The zero-order valence-corrected chi connectivity index (χ0v) is 9.16. The molecule has 0 aromatic heterocycles. The maximum atomic E-state index is 10.9. The summed E-state index contributed by atoms with van der Waals surface area (Å²) in [5.41, 5.74) is 0. The third-order valence-corrected chi connectivity index (χ3v) is 3.52. The number of hydrogen-bond acceptors (Lipinski definition) is 3. The summed E-state index contributed by atoms with van der Waals surface area (Å²) < 4.78 is 0.701. The second kappa shape index (κ2) is 4.81. The third kappa shape index (κ3) is 2.57. The average molecular weight is 219 g/mol. The molecule has 0 spiro atoms. The van der Waals surface area contributed by atoms with E-state index in [9.17, 15) is 4.79 Å². The van der Waals surface area contributed by atoms with Gasteiger partial charge in [0.2, 0.25) is 0 Å². The number of aliphatic carboxylic acids is 1. The van der Waals surface area contributed by atoms with Crippen LogP contribution in [0.15, 0.2) is 0 Å². The van der Waals surface area contributed by atoms with E-state index in [2.05, 4.69) is 0 Å². The molecule has 1 fully saturated rings. The molecule has 1 N–H and O–H groups in total. The van der Waals surface area contributed by atoms with Gasteiger partial charge >= 0.3 is 5.97 Å². The van der Waals surface area contributed by atoms with Gasteiger partial charge in [-0.1, -0.05) is 12.2 Å². The topological polar surface area (TPSA) is 40.5 Å². The van der Waals surface area contributed by atoms with Crippen molar-refractivity contribution in [3.8, 4) is 0 Å². The first-order valence-electron chi connectivity index (χ1n) is 4.24. The fraction of sp³-hybridized carbons (Fsp3) is 0.750. The van der Waals surface area contributed by atoms with Crippen molar-refractivity contribution in [2.75, 3.05) is 12.8 Å². The van der Waals surface area contributed by atoms with Crippen molar-refractivity contribution in [2.24, 2.45) is 0 Å². The quantitative estimate of drug-likeness (QED) is 0.678. The Kier molecular flexibility index (Phi) is 3.99. The molecule has 0 aromatic carbocycles. The van der Waals surface area contributed by atoms with Gasteiger partial charge in [-0.15, -0.1) is 11.8 Å². The van der Waals surface area contributed by atoms with E-state index >= 15 is 0 Å². The van der Waals surface area contributed by atoms with E-state index < -0.39 is 12.0 Å². The lowest BCUT2D eigenvalue weighted by Crippen LogP contribution is -2.46. The Labute approximate surface area is 87.5 Å². The molecule has 0 bridgehead atoms. The highest BCUT2D eigenvalue weighted by molar-refractivity contribution is 8.22. The highest BCUT2D eigenvalue weighted by Gasteiger charge is 2.29. The maximum Gasteiger partial charge on any atom is 0.326 e. The van der Waals surface area contributed by atoms with Crippen LogP contribution >= 0.6 is 24.0 Å². The fourth-order valence-corrected chi connectivity index (χ4v) is 2.20. The fourth-order valence-electron chi connectivity index (χ4n) is 1.52. The number of carbonyl (C=O) groups is 1. The molecule has 1 aliphatic heterocycles. The Hall–Kier alpha value is -0.290. The van der Waals surface area contributed by atoms with Crippen LogP contribution in [0.25, 0.3) is 0 Å². The summed E-state index contributed by atoms with van der Waals surface area (Å²) in [4.78, 5) is 12.7. The van der Waals surface area contributed by atoms with E-state index in [0.717, 1.165) is 25.8 Å². The summed E-state index contributed by atoms with van der Waals surface area (Å²) in [7, 11) is 0. The number of thiocarbonyl (C=S) groups is 1. The second-order valence-corrected chi connectivity index (χ2v) is 4.45. The molecule has 0 aliphatic carbocycles. The summed E-state index contributed by atoms with van der Waals surface area (Å²) in [6.07, 6.45) is 4.64. The largest absolute Gasteiger partial charge is 0.480 e. The van der Waals surface area contributed by atoms with Gasteiger partial charge < -0.3 is 10.0 Å². The first kappa shape index (κ1) is 10.8. The van der Waals surface area contributed by atoms with Crippen LogP contribution in [0.5, 0.6) is 0 Å². The highest BCUT2D eigenvalue weighted by atomic mass is 32.2. The minimum absolute atomic E-state index is 0.395. The Morgan fingerprint density at radius 3 is 2.85 bits per heavy atom. The smallest absolute Gasteiger partial charge is 0.326 e. The van der Waals surface area contributed by atoms with E-state index in [1.54, 1.807) is 0 Å². The summed E-state index contributed by atoms with van der Waals surface area (Å²) in [5.74, 6) is -0.754. The Balaban J connectivity index is 2.67. The van der Waals surface area contributed by atoms with Crippen molar-refractivity contribution in [1.29, 1.82) is 0 Å². The van der Waals surface area contributed by atoms with Gasteiger partial charge in [0, 0.05) is 6.54 Å². The van der Waals surface area contributed by atoms with Crippen LogP contribution in [0.3, 0.4) is 0 Å². The molecule has 1 rings (SSSR count). The predicted molar refractivity (Wildman–Crippen MR) is 58.1 cm³/mol. The van der Waals surface area contributed by atoms with Crippen molar-refractivity contribution in [1.82, 2.24) is 4.90 Å². The van der Waals surface area contributed by atoms with Gasteiger partial charge in [-0.05, 0) is 25.5 Å². The van der Waals surface area contributed by atoms with Crippen LogP contribution in [0, 0.1) is 0 Å². The predicted octanol–water partition coefficient (Wildman–Crippen LogP) is 1.57. The number of likely N-dealkylation sites (tertiary alicyclic amines) is 1. The Bertz CT molecular complexity index is 220. The molecular weight excluding hydrogens is 206 g/mol. The van der Waals surface area contributed by atoms with Gasteiger partial charge in [-0.2, -0.15) is 0 Å². The zero-order valence-electron chi connectivity index (χ0n) is 7.52. The van der Waals surface area contributed by atoms with Gasteiger partial charge in [0.15, 0.2) is 0 Å². The molecule has 1 unspecified atom stereocenters. The normalized spacial score (nSPS) is 22.8. The Morgan fingerprint density at radius 1 is 1.62 bits per heavy atom. The molecule has 0 saturated carbocycles. The lowest BCUT2D eigenvalue weighted by atomic mass is 10.0. The van der Waals surface area contributed by atoms with Gasteiger partial charge in [0.05, 0.1) is 0 Å². The molecule has 1 aliphatic rings. The minimum Gasteiger partial charge on any atom is -0.480 e. The number of rotatable bonds is 1. The maximum absolute atomic E-state index is 10.9. The summed E-state index contributed by atoms with van der Waals surface area (Å²) in [6, 6.07) is -0.395. The molecule has 13 heavy (non-hydrogen) atoms. The molecule has 1 saturated heterocycles. The van der Waals surface area contributed by atoms with Crippen molar-refractivity contribution < 1.29 is 9.90 Å². The summed E-state index contributed by atoms with van der Waals surface area (Å²) in [6.45, 7) is 0.788. The summed E-state index contributed by atoms with van der Waals surface area (Å²) >= 11 is 6.54. The number of carboxylic acid groups (broad SMARTS) is 1. The molecule has 0 aromatic rings. The standard InChI is InChI=1S/C8H13NO2S2/c1-13-8(12)9-5-3-2-4-6(9)7(10)11/h6H,2-5H2,1H3,(H,10,11). The molecule has 74 valence electrons. The molecule has 1 atom stereocenters. The van der Waals surface area contributed by atoms with Crippen LogP contribution in [0.1, 0.15) is 19.3 Å². The van der Waals surface area contributed by atoms with Crippen molar-refractivity contribution >= 4 is 34.3 Å². The van der Waals surface area contributed by atoms with Gasteiger partial charge in [0.1, 0.15) is 10.4 Å². The molecule has 0 amide bonds. The van der Waals surface area contributed by atoms with Crippen LogP contribution < -0.4 is 0 Å². The monoisotopic (exact) mass is 219 g/mol. The van der Waals surface area contributed by atoms with E-state index in [1.165, 1.54) is 11.8 Å². The third-order valence-electron chi connectivity index (χ3n) is 2.20. The number of thioether (sulfide) groups is 1. The average Bonchev–Trinajstić information content (AvgIpc) is 2.16. The first-order chi connectivity index (χ1) is 6.16. The van der Waals surface area contributed by atoms with Crippen molar-refractivity contribution in [2.45, 2.75) is 25.3 Å². The lowest BCUT2D eigenvalue weighted by Gasteiger charge is -2.34. The van der Waals surface area contributed by atoms with E-state index in [-0.39, 0.29) is 0 Å². The van der Waals surface area contributed by atoms with Gasteiger partial charge in [0.25, 0.3) is 0 Å². The molecule has 1 heterocycles. The number of carboxylic acids is 1. The number of piperidine rings is 1. The molecular formula is C8H13NO2S2. The summed E-state index contributed by atoms with van der Waals surface area (Å²) in [5, 5.41) is 8.94. The van der Waals surface area contributed by atoms with Gasteiger partial charge in [-0.3, -0.25) is 0 Å². The van der Waals surface area contributed by atoms with Crippen molar-refractivity contribution in [3.63, 3.8) is 0 Å². The first-order valence-corrected chi connectivity index (χ1v) is 5.87.